The molecule has 0 radical (unpaired) electrons. The van der Waals surface area contributed by atoms with Crippen molar-refractivity contribution in [3.63, 3.8) is 0 Å². The Balaban J connectivity index is 1.48. The summed E-state index contributed by atoms with van der Waals surface area (Å²) in [5.41, 5.74) is 1.12. The third-order valence-electron chi connectivity index (χ3n) is 5.10. The summed E-state index contributed by atoms with van der Waals surface area (Å²) < 4.78 is 2.27. The summed E-state index contributed by atoms with van der Waals surface area (Å²) in [5.74, 6) is 1.88. The number of carbonyl (C=O) groups excluding carboxylic acids is 1. The molecule has 3 rings (SSSR count). The molecule has 2 aromatic rings. The third-order valence-corrected chi connectivity index (χ3v) is 5.10. The fourth-order valence-corrected chi connectivity index (χ4v) is 3.52. The van der Waals surface area contributed by atoms with Crippen LogP contribution in [0.1, 0.15) is 36.6 Å². The molecule has 1 aliphatic heterocycles. The van der Waals surface area contributed by atoms with Gasteiger partial charge in [0.05, 0.1) is 0 Å². The number of nitrogens with zero attached hydrogens (tertiary/aromatic N) is 5. The van der Waals surface area contributed by atoms with Gasteiger partial charge in [0, 0.05) is 63.3 Å². The minimum Gasteiger partial charge on any atom is -0.343 e. The summed E-state index contributed by atoms with van der Waals surface area (Å²) in [6.07, 6.45) is 10.9. The molecule has 1 amide bonds. The average Bonchev–Trinajstić information content (AvgIpc) is 3.14. The van der Waals surface area contributed by atoms with Crippen LogP contribution in [0.5, 0.6) is 0 Å². The van der Waals surface area contributed by atoms with Crippen molar-refractivity contribution in [2.45, 2.75) is 38.1 Å². The molecule has 1 aliphatic rings. The van der Waals surface area contributed by atoms with E-state index in [-0.39, 0.29) is 5.91 Å². The van der Waals surface area contributed by atoms with Gasteiger partial charge in [0.25, 0.3) is 0 Å². The highest BCUT2D eigenvalue weighted by molar-refractivity contribution is 5.76. The Morgan fingerprint density at radius 1 is 1.27 bits per heavy atom. The Kier molecular flexibility index (Phi) is 6.39. The number of pyridine rings is 1. The number of rotatable bonds is 7. The normalized spacial score (nSPS) is 15.6. The molecule has 0 aromatic carbocycles. The van der Waals surface area contributed by atoms with Gasteiger partial charge in [-0.05, 0) is 45.0 Å². The Labute approximate surface area is 155 Å². The molecule has 0 saturated carbocycles. The fourth-order valence-electron chi connectivity index (χ4n) is 3.52. The molecular weight excluding hydrogens is 326 g/mol. The number of likely N-dealkylation sites (tertiary alicyclic amines) is 1. The van der Waals surface area contributed by atoms with Gasteiger partial charge in [-0.2, -0.15) is 0 Å². The predicted octanol–water partition coefficient (Wildman–Crippen LogP) is 2.18. The number of aryl methyl sites for hydroxylation is 1. The van der Waals surface area contributed by atoms with E-state index in [9.17, 15) is 4.79 Å². The third kappa shape index (κ3) is 4.91. The summed E-state index contributed by atoms with van der Waals surface area (Å²) in [7, 11) is 4.18. The molecule has 0 atom stereocenters. The van der Waals surface area contributed by atoms with Crippen molar-refractivity contribution in [1.82, 2.24) is 24.3 Å². The molecule has 1 saturated heterocycles. The predicted molar refractivity (Wildman–Crippen MR) is 102 cm³/mol. The quantitative estimate of drug-likeness (QED) is 0.764. The maximum absolute atomic E-state index is 12.5. The molecule has 6 nitrogen and oxygen atoms in total. The summed E-state index contributed by atoms with van der Waals surface area (Å²) in [6.45, 7) is 3.63. The maximum atomic E-state index is 12.5. The van der Waals surface area contributed by atoms with Gasteiger partial charge in [0.1, 0.15) is 5.82 Å². The molecule has 2 aromatic heterocycles. The number of imidazole rings is 1. The van der Waals surface area contributed by atoms with Gasteiger partial charge in [-0.15, -0.1) is 0 Å². The average molecular weight is 355 g/mol. The van der Waals surface area contributed by atoms with E-state index in [4.69, 9.17) is 0 Å². The van der Waals surface area contributed by atoms with E-state index < -0.39 is 0 Å². The van der Waals surface area contributed by atoms with Crippen LogP contribution in [0.25, 0.3) is 0 Å². The second-order valence-electron chi connectivity index (χ2n) is 7.30. The van der Waals surface area contributed by atoms with Crippen molar-refractivity contribution in [3.8, 4) is 0 Å². The Morgan fingerprint density at radius 3 is 2.77 bits per heavy atom. The second-order valence-corrected chi connectivity index (χ2v) is 7.30. The maximum Gasteiger partial charge on any atom is 0.222 e. The highest BCUT2D eigenvalue weighted by atomic mass is 16.2. The topological polar surface area (TPSA) is 54.3 Å². The fraction of sp³-hybridized carbons (Fsp3) is 0.550. The number of hydrogen-bond acceptors (Lipinski definition) is 4. The van der Waals surface area contributed by atoms with Crippen LogP contribution in [0.3, 0.4) is 0 Å². The molecule has 6 heteroatoms. The van der Waals surface area contributed by atoms with Crippen molar-refractivity contribution in [2.75, 3.05) is 33.7 Å². The largest absolute Gasteiger partial charge is 0.343 e. The highest BCUT2D eigenvalue weighted by Crippen LogP contribution is 2.27. The van der Waals surface area contributed by atoms with E-state index in [0.717, 1.165) is 51.0 Å². The first kappa shape index (κ1) is 18.6. The van der Waals surface area contributed by atoms with Gasteiger partial charge in [0.2, 0.25) is 5.91 Å². The number of amides is 1. The molecule has 3 heterocycles. The first-order valence-electron chi connectivity index (χ1n) is 9.46. The van der Waals surface area contributed by atoms with Gasteiger partial charge >= 0.3 is 0 Å². The van der Waals surface area contributed by atoms with E-state index in [2.05, 4.69) is 39.7 Å². The van der Waals surface area contributed by atoms with Crippen molar-refractivity contribution in [1.29, 1.82) is 0 Å². The Hall–Kier alpha value is -2.21. The van der Waals surface area contributed by atoms with Gasteiger partial charge in [0.15, 0.2) is 0 Å². The zero-order valence-electron chi connectivity index (χ0n) is 15.8. The van der Waals surface area contributed by atoms with Gasteiger partial charge in [-0.3, -0.25) is 9.78 Å². The van der Waals surface area contributed by atoms with Crippen LogP contribution >= 0.6 is 0 Å². The first-order chi connectivity index (χ1) is 12.6. The van der Waals surface area contributed by atoms with Crippen LogP contribution in [0.15, 0.2) is 36.9 Å². The lowest BCUT2D eigenvalue weighted by Crippen LogP contribution is -2.38. The lowest BCUT2D eigenvalue weighted by atomic mass is 9.95. The van der Waals surface area contributed by atoms with E-state index >= 15 is 0 Å². The zero-order chi connectivity index (χ0) is 18.4. The lowest BCUT2D eigenvalue weighted by Gasteiger charge is -2.32. The highest BCUT2D eigenvalue weighted by Gasteiger charge is 2.26. The van der Waals surface area contributed by atoms with E-state index in [1.54, 1.807) is 6.20 Å². The van der Waals surface area contributed by atoms with E-state index in [1.165, 1.54) is 5.82 Å². The Bertz CT molecular complexity index is 689. The van der Waals surface area contributed by atoms with Crippen molar-refractivity contribution >= 4 is 5.91 Å². The van der Waals surface area contributed by atoms with Crippen molar-refractivity contribution in [3.05, 3.63) is 48.3 Å². The molecule has 1 fully saturated rings. The van der Waals surface area contributed by atoms with Crippen molar-refractivity contribution < 1.29 is 4.79 Å². The molecule has 0 unspecified atom stereocenters. The lowest BCUT2D eigenvalue weighted by molar-refractivity contribution is -0.132. The van der Waals surface area contributed by atoms with Crippen LogP contribution in [-0.4, -0.2) is 64.0 Å². The standard InChI is InChI=1S/C20H29N5O/c1-23(2)14-15-25-13-10-22-20(25)18-7-11-24(12-8-18)19(26)6-5-17-4-3-9-21-16-17/h3-4,9-10,13,16,18H,5-8,11-12,14-15H2,1-2H3. The number of likely N-dealkylation sites (N-methyl/N-ethyl adjacent to an activating group) is 1. The number of carbonyl (C=O) groups is 1. The van der Waals surface area contributed by atoms with Gasteiger partial charge in [-0.1, -0.05) is 6.07 Å². The van der Waals surface area contributed by atoms with E-state index in [0.29, 0.717) is 12.3 Å². The summed E-state index contributed by atoms with van der Waals surface area (Å²) in [5, 5.41) is 0. The van der Waals surface area contributed by atoms with Crippen molar-refractivity contribution in [2.24, 2.45) is 0 Å². The van der Waals surface area contributed by atoms with Crippen LogP contribution < -0.4 is 0 Å². The molecule has 0 bridgehead atoms. The molecule has 0 N–H and O–H groups in total. The minimum absolute atomic E-state index is 0.253. The van der Waals surface area contributed by atoms with E-state index in [1.807, 2.05) is 29.4 Å². The molecular formula is C20H29N5O. The molecule has 26 heavy (non-hydrogen) atoms. The zero-order valence-corrected chi connectivity index (χ0v) is 15.8. The van der Waals surface area contributed by atoms with Gasteiger partial charge < -0.3 is 14.4 Å². The van der Waals surface area contributed by atoms with Gasteiger partial charge in [-0.25, -0.2) is 4.98 Å². The van der Waals surface area contributed by atoms with Crippen LogP contribution in [0.4, 0.5) is 0 Å². The monoisotopic (exact) mass is 355 g/mol. The number of aromatic nitrogens is 3. The van der Waals surface area contributed by atoms with Crippen LogP contribution in [-0.2, 0) is 17.8 Å². The SMILES string of the molecule is CN(C)CCn1ccnc1C1CCN(C(=O)CCc2cccnc2)CC1. The molecule has 0 spiro atoms. The number of hydrogen-bond donors (Lipinski definition) is 0. The number of piperidine rings is 1. The minimum atomic E-state index is 0.253. The summed E-state index contributed by atoms with van der Waals surface area (Å²) in [4.78, 5) is 25.4. The molecule has 140 valence electrons. The Morgan fingerprint density at radius 2 is 2.08 bits per heavy atom. The summed E-state index contributed by atoms with van der Waals surface area (Å²) in [6, 6.07) is 3.95. The van der Waals surface area contributed by atoms with Crippen LogP contribution in [0, 0.1) is 0 Å². The first-order valence-corrected chi connectivity index (χ1v) is 9.46. The summed E-state index contributed by atoms with van der Waals surface area (Å²) >= 11 is 0. The molecule has 0 aliphatic carbocycles. The van der Waals surface area contributed by atoms with Crippen LogP contribution in [0.2, 0.25) is 0 Å². The smallest absolute Gasteiger partial charge is 0.222 e. The second kappa shape index (κ2) is 8.94.